The van der Waals surface area contributed by atoms with Gasteiger partial charge in [-0.1, -0.05) is 58.4 Å². The molecule has 2 heteroatoms. The van der Waals surface area contributed by atoms with Gasteiger partial charge in [0.2, 0.25) is 0 Å². The zero-order chi connectivity index (χ0) is 13.2. The van der Waals surface area contributed by atoms with Crippen molar-refractivity contribution in [2.24, 2.45) is 5.92 Å². The van der Waals surface area contributed by atoms with Gasteiger partial charge in [0.25, 0.3) is 0 Å². The van der Waals surface area contributed by atoms with Gasteiger partial charge in [0.15, 0.2) is 0 Å². The van der Waals surface area contributed by atoms with Crippen LogP contribution in [0.3, 0.4) is 0 Å². The molecule has 0 aliphatic heterocycles. The summed E-state index contributed by atoms with van der Waals surface area (Å²) in [4.78, 5) is 4.08. The molecule has 0 bridgehead atoms. The van der Waals surface area contributed by atoms with Crippen LogP contribution in [0.5, 0.6) is 0 Å². The first-order valence-corrected chi connectivity index (χ1v) is 7.37. The molecule has 0 radical (unpaired) electrons. The minimum absolute atomic E-state index is 0.352. The van der Waals surface area contributed by atoms with Crippen LogP contribution in [0.25, 0.3) is 0 Å². The minimum atomic E-state index is -0.352. The monoisotopic (exact) mass is 249 g/mol. The van der Waals surface area contributed by atoms with Crippen molar-refractivity contribution in [3.05, 3.63) is 30.1 Å². The summed E-state index contributed by atoms with van der Waals surface area (Å²) in [6.45, 7) is 4.40. The van der Waals surface area contributed by atoms with Gasteiger partial charge in [-0.3, -0.25) is 4.98 Å². The van der Waals surface area contributed by atoms with Crippen LogP contribution in [0.2, 0.25) is 0 Å². The molecule has 2 nitrogen and oxygen atoms in total. The number of aliphatic hydroxyl groups is 1. The zero-order valence-electron chi connectivity index (χ0n) is 11.8. The molecule has 0 amide bonds. The van der Waals surface area contributed by atoms with E-state index in [0.29, 0.717) is 5.92 Å². The number of aliphatic hydroxyl groups excluding tert-OH is 1. The molecule has 0 saturated heterocycles. The van der Waals surface area contributed by atoms with E-state index in [1.54, 1.807) is 12.4 Å². The van der Waals surface area contributed by atoms with Crippen molar-refractivity contribution in [2.75, 3.05) is 0 Å². The van der Waals surface area contributed by atoms with Crippen LogP contribution in [0.4, 0.5) is 0 Å². The highest BCUT2D eigenvalue weighted by molar-refractivity contribution is 5.12. The van der Waals surface area contributed by atoms with E-state index < -0.39 is 0 Å². The van der Waals surface area contributed by atoms with Crippen LogP contribution < -0.4 is 0 Å². The van der Waals surface area contributed by atoms with Crippen LogP contribution in [-0.4, -0.2) is 10.1 Å². The maximum absolute atomic E-state index is 10.3. The predicted octanol–water partition coefficient (Wildman–Crippen LogP) is 4.50. The molecule has 2 atom stereocenters. The maximum Gasteiger partial charge on any atom is 0.0832 e. The Morgan fingerprint density at radius 1 is 1.17 bits per heavy atom. The minimum Gasteiger partial charge on any atom is -0.388 e. The van der Waals surface area contributed by atoms with E-state index in [-0.39, 0.29) is 6.10 Å². The van der Waals surface area contributed by atoms with Crippen molar-refractivity contribution in [1.29, 1.82) is 0 Å². The van der Waals surface area contributed by atoms with Crippen LogP contribution in [0, 0.1) is 5.92 Å². The molecule has 1 aromatic heterocycles. The summed E-state index contributed by atoms with van der Waals surface area (Å²) in [5.74, 6) is 0.371. The van der Waals surface area contributed by atoms with E-state index in [1.165, 1.54) is 32.1 Å². The third-order valence-corrected chi connectivity index (χ3v) is 3.68. The third kappa shape index (κ3) is 5.18. The molecule has 0 aromatic carbocycles. The lowest BCUT2D eigenvalue weighted by Crippen LogP contribution is -2.12. The first-order chi connectivity index (χ1) is 8.79. The molecular weight excluding hydrogens is 222 g/mol. The van der Waals surface area contributed by atoms with Crippen LogP contribution in [0.1, 0.15) is 70.5 Å². The number of hydrogen-bond acceptors (Lipinski definition) is 2. The summed E-state index contributed by atoms with van der Waals surface area (Å²) in [5, 5.41) is 10.3. The number of aromatic nitrogens is 1. The number of nitrogens with zero attached hydrogens (tertiary/aromatic N) is 1. The molecule has 0 aliphatic rings. The van der Waals surface area contributed by atoms with E-state index >= 15 is 0 Å². The average molecular weight is 249 g/mol. The van der Waals surface area contributed by atoms with Crippen LogP contribution >= 0.6 is 0 Å². The second-order valence-electron chi connectivity index (χ2n) is 5.10. The SMILES string of the molecule is CCCCCCCC(CC)C(O)c1cccnc1. The van der Waals surface area contributed by atoms with Gasteiger partial charge in [-0.05, 0) is 24.0 Å². The van der Waals surface area contributed by atoms with E-state index in [9.17, 15) is 5.11 Å². The number of hydrogen-bond donors (Lipinski definition) is 1. The highest BCUT2D eigenvalue weighted by atomic mass is 16.3. The fourth-order valence-corrected chi connectivity index (χ4v) is 2.42. The Labute approximate surface area is 111 Å². The molecule has 18 heavy (non-hydrogen) atoms. The Morgan fingerprint density at radius 2 is 1.94 bits per heavy atom. The Bertz CT molecular complexity index is 299. The Morgan fingerprint density at radius 3 is 2.56 bits per heavy atom. The summed E-state index contributed by atoms with van der Waals surface area (Å²) in [5.41, 5.74) is 0.956. The maximum atomic E-state index is 10.3. The molecule has 0 saturated carbocycles. The van der Waals surface area contributed by atoms with Gasteiger partial charge in [0, 0.05) is 12.4 Å². The van der Waals surface area contributed by atoms with Gasteiger partial charge in [-0.15, -0.1) is 0 Å². The highest BCUT2D eigenvalue weighted by Gasteiger charge is 2.18. The van der Waals surface area contributed by atoms with Gasteiger partial charge in [0.1, 0.15) is 0 Å². The zero-order valence-corrected chi connectivity index (χ0v) is 11.8. The molecule has 0 fully saturated rings. The highest BCUT2D eigenvalue weighted by Crippen LogP contribution is 2.28. The standard InChI is InChI=1S/C16H27NO/c1-3-5-6-7-8-10-14(4-2)16(18)15-11-9-12-17-13-15/h9,11-14,16,18H,3-8,10H2,1-2H3. The lowest BCUT2D eigenvalue weighted by Gasteiger charge is -2.21. The third-order valence-electron chi connectivity index (χ3n) is 3.68. The van der Waals surface area contributed by atoms with E-state index in [0.717, 1.165) is 18.4 Å². The second kappa shape index (κ2) is 9.09. The fourth-order valence-electron chi connectivity index (χ4n) is 2.42. The molecule has 102 valence electrons. The van der Waals surface area contributed by atoms with Crippen molar-refractivity contribution < 1.29 is 5.11 Å². The molecule has 1 heterocycles. The topological polar surface area (TPSA) is 33.1 Å². The van der Waals surface area contributed by atoms with Gasteiger partial charge >= 0.3 is 0 Å². The molecule has 1 rings (SSSR count). The van der Waals surface area contributed by atoms with Gasteiger partial charge in [-0.2, -0.15) is 0 Å². The fraction of sp³-hybridized carbons (Fsp3) is 0.688. The van der Waals surface area contributed by atoms with Crippen molar-refractivity contribution in [3.8, 4) is 0 Å². The molecule has 1 aromatic rings. The number of unbranched alkanes of at least 4 members (excludes halogenated alkanes) is 4. The summed E-state index contributed by atoms with van der Waals surface area (Å²) < 4.78 is 0. The first kappa shape index (κ1) is 15.2. The normalized spacial score (nSPS) is 14.4. The molecular formula is C16H27NO. The number of pyridine rings is 1. The Balaban J connectivity index is 2.36. The second-order valence-corrected chi connectivity index (χ2v) is 5.10. The Hall–Kier alpha value is -0.890. The predicted molar refractivity (Wildman–Crippen MR) is 76.4 cm³/mol. The van der Waals surface area contributed by atoms with Crippen LogP contribution in [0.15, 0.2) is 24.5 Å². The first-order valence-electron chi connectivity index (χ1n) is 7.37. The van der Waals surface area contributed by atoms with Crippen molar-refractivity contribution >= 4 is 0 Å². The molecule has 0 spiro atoms. The van der Waals surface area contributed by atoms with Crippen molar-refractivity contribution in [1.82, 2.24) is 4.98 Å². The summed E-state index contributed by atoms with van der Waals surface area (Å²) in [7, 11) is 0. The number of rotatable bonds is 9. The molecule has 1 N–H and O–H groups in total. The molecule has 2 unspecified atom stereocenters. The quantitative estimate of drug-likeness (QED) is 0.654. The van der Waals surface area contributed by atoms with Gasteiger partial charge in [0.05, 0.1) is 6.10 Å². The lowest BCUT2D eigenvalue weighted by atomic mass is 9.89. The van der Waals surface area contributed by atoms with Gasteiger partial charge < -0.3 is 5.11 Å². The Kier molecular flexibility index (Phi) is 7.66. The average Bonchev–Trinajstić information content (AvgIpc) is 2.43. The van der Waals surface area contributed by atoms with Gasteiger partial charge in [-0.25, -0.2) is 0 Å². The van der Waals surface area contributed by atoms with E-state index in [2.05, 4.69) is 18.8 Å². The summed E-state index contributed by atoms with van der Waals surface area (Å²) >= 11 is 0. The largest absolute Gasteiger partial charge is 0.388 e. The van der Waals surface area contributed by atoms with Crippen LogP contribution in [-0.2, 0) is 0 Å². The van der Waals surface area contributed by atoms with Crippen molar-refractivity contribution in [2.45, 2.75) is 64.9 Å². The smallest absolute Gasteiger partial charge is 0.0832 e. The van der Waals surface area contributed by atoms with E-state index in [4.69, 9.17) is 0 Å². The summed E-state index contributed by atoms with van der Waals surface area (Å²) in [6, 6.07) is 3.87. The van der Waals surface area contributed by atoms with Crippen molar-refractivity contribution in [3.63, 3.8) is 0 Å². The molecule has 0 aliphatic carbocycles. The lowest BCUT2D eigenvalue weighted by molar-refractivity contribution is 0.0982. The summed E-state index contributed by atoms with van der Waals surface area (Å²) in [6.07, 6.45) is 11.8. The van der Waals surface area contributed by atoms with E-state index in [1.807, 2.05) is 12.1 Å².